The van der Waals surface area contributed by atoms with Gasteiger partial charge in [0.25, 0.3) is 0 Å². The summed E-state index contributed by atoms with van der Waals surface area (Å²) in [5.74, 6) is 1.67. The molecule has 1 N–H and O–H groups in total. The Morgan fingerprint density at radius 3 is 2.42 bits per heavy atom. The van der Waals surface area contributed by atoms with Gasteiger partial charge in [-0.25, -0.2) is 5.48 Å². The van der Waals surface area contributed by atoms with Gasteiger partial charge in [-0.2, -0.15) is 0 Å². The molecule has 0 heterocycles. The lowest BCUT2D eigenvalue weighted by molar-refractivity contribution is -0.134. The van der Waals surface area contributed by atoms with E-state index in [0.717, 1.165) is 5.75 Å². The van der Waals surface area contributed by atoms with Crippen molar-refractivity contribution in [2.45, 2.75) is 20.3 Å². The van der Waals surface area contributed by atoms with Crippen LogP contribution in [0.15, 0.2) is 24.3 Å². The Bertz CT molecular complexity index is 376. The van der Waals surface area contributed by atoms with Crippen LogP contribution in [0.3, 0.4) is 0 Å². The molecule has 1 aromatic carbocycles. The summed E-state index contributed by atoms with van der Waals surface area (Å²) < 4.78 is 10.5. The van der Waals surface area contributed by atoms with Gasteiger partial charge in [0, 0.05) is 0 Å². The van der Waals surface area contributed by atoms with Gasteiger partial charge in [-0.1, -0.05) is 13.8 Å². The van der Waals surface area contributed by atoms with Crippen molar-refractivity contribution < 1.29 is 19.1 Å². The molecule has 1 amide bonds. The number of hydrogen-bond donors (Lipinski definition) is 1. The molecule has 0 aliphatic rings. The van der Waals surface area contributed by atoms with Gasteiger partial charge in [-0.3, -0.25) is 9.63 Å². The Hall–Kier alpha value is -1.75. The first-order valence-electron chi connectivity index (χ1n) is 6.29. The smallest absolute Gasteiger partial charge is 0.246 e. The Morgan fingerprint density at radius 2 is 1.84 bits per heavy atom. The highest BCUT2D eigenvalue weighted by atomic mass is 16.7. The van der Waals surface area contributed by atoms with Crippen molar-refractivity contribution in [2.24, 2.45) is 5.92 Å². The molecule has 5 nitrogen and oxygen atoms in total. The minimum Gasteiger partial charge on any atom is -0.497 e. The lowest BCUT2D eigenvalue weighted by Gasteiger charge is -2.09. The van der Waals surface area contributed by atoms with Crippen LogP contribution in [0.1, 0.15) is 20.3 Å². The van der Waals surface area contributed by atoms with Crippen molar-refractivity contribution in [1.82, 2.24) is 5.48 Å². The molecule has 1 aromatic rings. The zero-order valence-electron chi connectivity index (χ0n) is 11.6. The third-order valence-corrected chi connectivity index (χ3v) is 2.26. The highest BCUT2D eigenvalue weighted by Crippen LogP contribution is 2.16. The third kappa shape index (κ3) is 6.67. The predicted octanol–water partition coefficient (Wildman–Crippen LogP) is 2.17. The number of methoxy groups -OCH3 is 1. The van der Waals surface area contributed by atoms with Gasteiger partial charge < -0.3 is 9.47 Å². The fourth-order valence-corrected chi connectivity index (χ4v) is 1.27. The first-order valence-corrected chi connectivity index (χ1v) is 6.29. The van der Waals surface area contributed by atoms with Crippen LogP contribution in [0.4, 0.5) is 0 Å². The average Bonchev–Trinajstić information content (AvgIpc) is 2.39. The van der Waals surface area contributed by atoms with Crippen LogP contribution in [-0.2, 0) is 9.63 Å². The minimum atomic E-state index is -0.186. The number of benzene rings is 1. The summed E-state index contributed by atoms with van der Waals surface area (Å²) in [6, 6.07) is 7.21. The second-order valence-electron chi connectivity index (χ2n) is 4.50. The predicted molar refractivity (Wildman–Crippen MR) is 72.0 cm³/mol. The summed E-state index contributed by atoms with van der Waals surface area (Å²) in [4.78, 5) is 16.4. The molecule has 0 aliphatic carbocycles. The molecule has 106 valence electrons. The van der Waals surface area contributed by atoms with Crippen LogP contribution in [-0.4, -0.2) is 26.2 Å². The van der Waals surface area contributed by atoms with Crippen molar-refractivity contribution in [3.63, 3.8) is 0 Å². The van der Waals surface area contributed by atoms with Crippen molar-refractivity contribution in [3.05, 3.63) is 24.3 Å². The lowest BCUT2D eigenvalue weighted by Crippen LogP contribution is -2.26. The van der Waals surface area contributed by atoms with Gasteiger partial charge in [0.2, 0.25) is 5.91 Å². The van der Waals surface area contributed by atoms with Crippen molar-refractivity contribution in [2.75, 3.05) is 20.3 Å². The number of rotatable bonds is 8. The molecule has 0 fully saturated rings. The number of carbonyl (C=O) groups is 1. The number of nitrogens with one attached hydrogen (secondary N) is 1. The standard InChI is InChI=1S/C14H21NO4/c1-11(2)10-19-15-14(16)8-9-18-13-6-4-12(17-3)5-7-13/h4-7,11H,8-10H2,1-3H3,(H,15,16). The molecule has 0 saturated heterocycles. The largest absolute Gasteiger partial charge is 0.497 e. The fraction of sp³-hybridized carbons (Fsp3) is 0.500. The molecule has 0 saturated carbocycles. The van der Waals surface area contributed by atoms with E-state index in [1.54, 1.807) is 31.4 Å². The van der Waals surface area contributed by atoms with Crippen LogP contribution in [0, 0.1) is 5.92 Å². The normalized spacial score (nSPS) is 10.3. The van der Waals surface area contributed by atoms with Gasteiger partial charge in [0.05, 0.1) is 26.7 Å². The first kappa shape index (κ1) is 15.3. The van der Waals surface area contributed by atoms with Crippen LogP contribution in [0.25, 0.3) is 0 Å². The lowest BCUT2D eigenvalue weighted by atomic mass is 10.2. The molecule has 0 aromatic heterocycles. The van der Waals surface area contributed by atoms with Crippen LogP contribution in [0.2, 0.25) is 0 Å². The molecule has 5 heteroatoms. The zero-order chi connectivity index (χ0) is 14.1. The van der Waals surface area contributed by atoms with Gasteiger partial charge in [0.15, 0.2) is 0 Å². The number of ether oxygens (including phenoxy) is 2. The average molecular weight is 267 g/mol. The number of hydrogen-bond acceptors (Lipinski definition) is 4. The van der Waals surface area contributed by atoms with E-state index < -0.39 is 0 Å². The summed E-state index contributed by atoms with van der Waals surface area (Å²) in [6.45, 7) is 4.84. The van der Waals surface area contributed by atoms with E-state index in [1.165, 1.54) is 0 Å². The third-order valence-electron chi connectivity index (χ3n) is 2.26. The topological polar surface area (TPSA) is 56.8 Å². The van der Waals surface area contributed by atoms with E-state index in [1.807, 2.05) is 13.8 Å². The minimum absolute atomic E-state index is 0.186. The van der Waals surface area contributed by atoms with Crippen LogP contribution in [0.5, 0.6) is 11.5 Å². The molecule has 0 aliphatic heterocycles. The number of amides is 1. The summed E-state index contributed by atoms with van der Waals surface area (Å²) >= 11 is 0. The Labute approximate surface area is 113 Å². The summed E-state index contributed by atoms with van der Waals surface area (Å²) in [7, 11) is 1.61. The van der Waals surface area contributed by atoms with Crippen molar-refractivity contribution in [3.8, 4) is 11.5 Å². The molecule has 0 atom stereocenters. The van der Waals surface area contributed by atoms with E-state index in [-0.39, 0.29) is 12.3 Å². The zero-order valence-corrected chi connectivity index (χ0v) is 11.6. The summed E-state index contributed by atoms with van der Waals surface area (Å²) in [5.41, 5.74) is 2.38. The van der Waals surface area contributed by atoms with Gasteiger partial charge in [-0.15, -0.1) is 0 Å². The quantitative estimate of drug-likeness (QED) is 0.733. The van der Waals surface area contributed by atoms with E-state index in [4.69, 9.17) is 14.3 Å². The van der Waals surface area contributed by atoms with E-state index in [0.29, 0.717) is 24.9 Å². The number of hydroxylamine groups is 1. The summed E-state index contributed by atoms with van der Waals surface area (Å²) in [5, 5.41) is 0. The van der Waals surface area contributed by atoms with Crippen molar-refractivity contribution in [1.29, 1.82) is 0 Å². The molecule has 0 radical (unpaired) electrons. The second kappa shape index (κ2) is 8.37. The molecule has 0 unspecified atom stereocenters. The van der Waals surface area contributed by atoms with E-state index >= 15 is 0 Å². The maximum absolute atomic E-state index is 11.4. The summed E-state index contributed by atoms with van der Waals surface area (Å²) in [6.07, 6.45) is 0.254. The number of carbonyl (C=O) groups excluding carboxylic acids is 1. The molecular formula is C14H21NO4. The molecule has 0 spiro atoms. The van der Waals surface area contributed by atoms with Gasteiger partial charge in [-0.05, 0) is 30.2 Å². The van der Waals surface area contributed by atoms with Crippen LogP contribution >= 0.6 is 0 Å². The second-order valence-corrected chi connectivity index (χ2v) is 4.50. The molecule has 19 heavy (non-hydrogen) atoms. The molecule has 0 bridgehead atoms. The molecule has 1 rings (SSSR count). The van der Waals surface area contributed by atoms with Gasteiger partial charge in [0.1, 0.15) is 11.5 Å². The van der Waals surface area contributed by atoms with Crippen molar-refractivity contribution >= 4 is 5.91 Å². The monoisotopic (exact) mass is 267 g/mol. The highest BCUT2D eigenvalue weighted by Gasteiger charge is 2.03. The van der Waals surface area contributed by atoms with Crippen LogP contribution < -0.4 is 15.0 Å². The van der Waals surface area contributed by atoms with E-state index in [9.17, 15) is 4.79 Å². The molecular weight excluding hydrogens is 246 g/mol. The van der Waals surface area contributed by atoms with E-state index in [2.05, 4.69) is 5.48 Å². The Kier molecular flexibility index (Phi) is 6.74. The fourth-order valence-electron chi connectivity index (χ4n) is 1.27. The maximum Gasteiger partial charge on any atom is 0.246 e. The Balaban J connectivity index is 2.16. The van der Waals surface area contributed by atoms with Gasteiger partial charge >= 0.3 is 0 Å². The highest BCUT2D eigenvalue weighted by molar-refractivity contribution is 5.74. The SMILES string of the molecule is COc1ccc(OCCC(=O)NOCC(C)C)cc1. The maximum atomic E-state index is 11.4. The Morgan fingerprint density at radius 1 is 1.21 bits per heavy atom. The first-order chi connectivity index (χ1) is 9.11.